The molecule has 39 heavy (non-hydrogen) atoms. The van der Waals surface area contributed by atoms with Crippen molar-refractivity contribution >= 4 is 44.0 Å². The molecule has 4 aromatic rings. The van der Waals surface area contributed by atoms with Gasteiger partial charge in [0.15, 0.2) is 27.1 Å². The summed E-state index contributed by atoms with van der Waals surface area (Å²) in [6.07, 6.45) is 0.892. The third-order valence-electron chi connectivity index (χ3n) is 6.72. The van der Waals surface area contributed by atoms with Crippen LogP contribution in [0.5, 0.6) is 0 Å². The number of hydrogen-bond acceptors (Lipinski definition) is 9. The molecule has 14 heteroatoms. The van der Waals surface area contributed by atoms with Gasteiger partial charge in [0.2, 0.25) is 0 Å². The van der Waals surface area contributed by atoms with E-state index in [4.69, 9.17) is 9.47 Å². The van der Waals surface area contributed by atoms with E-state index in [9.17, 15) is 17.2 Å². The van der Waals surface area contributed by atoms with Gasteiger partial charge in [0.25, 0.3) is 6.43 Å². The molecule has 1 saturated heterocycles. The Morgan fingerprint density at radius 2 is 1.95 bits per heavy atom. The molecule has 6 rings (SSSR count). The lowest BCUT2D eigenvalue weighted by atomic mass is 10.0. The Morgan fingerprint density at radius 3 is 2.69 bits per heavy atom. The average Bonchev–Trinajstić information content (AvgIpc) is 3.53. The van der Waals surface area contributed by atoms with Crippen molar-refractivity contribution in [3.05, 3.63) is 47.4 Å². The molecule has 0 radical (unpaired) electrons. The predicted molar refractivity (Wildman–Crippen MR) is 139 cm³/mol. The first kappa shape index (κ1) is 25.6. The highest BCUT2D eigenvalue weighted by molar-refractivity contribution is 7.90. The number of imidazole rings is 1. The molecule has 0 unspecified atom stereocenters. The van der Waals surface area contributed by atoms with Crippen LogP contribution in [0.2, 0.25) is 0 Å². The van der Waals surface area contributed by atoms with Crippen molar-refractivity contribution in [1.29, 1.82) is 0 Å². The highest BCUT2D eigenvalue weighted by Crippen LogP contribution is 2.36. The number of hydrogen-bond donors (Lipinski definition) is 3. The lowest BCUT2D eigenvalue weighted by Gasteiger charge is -2.24. The van der Waals surface area contributed by atoms with Gasteiger partial charge in [-0.15, -0.1) is 0 Å². The first-order chi connectivity index (χ1) is 18.7. The number of benzene rings is 1. The summed E-state index contributed by atoms with van der Waals surface area (Å²) in [5.41, 5.74) is 2.50. The van der Waals surface area contributed by atoms with Crippen molar-refractivity contribution in [2.45, 2.75) is 49.8 Å². The topological polar surface area (TPSA) is 136 Å². The maximum atomic E-state index is 13.5. The van der Waals surface area contributed by atoms with E-state index in [1.165, 1.54) is 0 Å². The van der Waals surface area contributed by atoms with Crippen molar-refractivity contribution in [3.63, 3.8) is 0 Å². The van der Waals surface area contributed by atoms with Gasteiger partial charge in [-0.2, -0.15) is 5.10 Å². The third kappa shape index (κ3) is 5.31. The maximum Gasteiger partial charge on any atom is 0.295 e. The van der Waals surface area contributed by atoms with Crippen LogP contribution in [0.1, 0.15) is 48.9 Å². The highest BCUT2D eigenvalue weighted by Gasteiger charge is 2.23. The van der Waals surface area contributed by atoms with Crippen molar-refractivity contribution in [1.82, 2.24) is 24.7 Å². The Labute approximate surface area is 222 Å². The Morgan fingerprint density at radius 1 is 1.08 bits per heavy atom. The summed E-state index contributed by atoms with van der Waals surface area (Å²) in [7, 11) is -3.66. The summed E-state index contributed by atoms with van der Waals surface area (Å²) in [6.45, 7) is 2.24. The molecule has 206 valence electrons. The van der Waals surface area contributed by atoms with Gasteiger partial charge in [0.1, 0.15) is 11.3 Å². The number of sulfone groups is 1. The van der Waals surface area contributed by atoms with Crippen molar-refractivity contribution in [2.75, 3.05) is 30.1 Å². The zero-order chi connectivity index (χ0) is 27.1. The SMILES string of the molecule is CS(=O)(=O)c1cc([C@@H]2CCCCO2)ccc1Nc1cc(Nc2cc3n(n2)CCOC3)nc2[nH]c(C(F)F)nc12. The molecule has 11 nitrogen and oxygen atoms in total. The van der Waals surface area contributed by atoms with Crippen molar-refractivity contribution in [2.24, 2.45) is 0 Å². The molecule has 3 N–H and O–H groups in total. The van der Waals surface area contributed by atoms with Crippen molar-refractivity contribution in [3.8, 4) is 0 Å². The molecule has 0 amide bonds. The minimum absolute atomic E-state index is 0.0695. The summed E-state index contributed by atoms with van der Waals surface area (Å²) in [4.78, 5) is 11.1. The van der Waals surface area contributed by atoms with Gasteiger partial charge in [0, 0.05) is 25.0 Å². The van der Waals surface area contributed by atoms with E-state index in [2.05, 4.69) is 30.7 Å². The molecule has 0 spiro atoms. The summed E-state index contributed by atoms with van der Waals surface area (Å²) in [5.74, 6) is 0.273. The van der Waals surface area contributed by atoms with Gasteiger partial charge in [-0.05, 0) is 37.0 Å². The summed E-state index contributed by atoms with van der Waals surface area (Å²) < 4.78 is 65.7. The second-order valence-corrected chi connectivity index (χ2v) is 11.6. The number of fused-ring (bicyclic) bond motifs is 2. The maximum absolute atomic E-state index is 13.5. The monoisotopic (exact) mass is 559 g/mol. The number of H-pyrrole nitrogens is 1. The van der Waals surface area contributed by atoms with Gasteiger partial charge in [-0.1, -0.05) is 6.07 Å². The summed E-state index contributed by atoms with van der Waals surface area (Å²) in [5, 5.41) is 10.7. The lowest BCUT2D eigenvalue weighted by molar-refractivity contribution is 0.0148. The van der Waals surface area contributed by atoms with Crippen LogP contribution in [0.3, 0.4) is 0 Å². The smallest absolute Gasteiger partial charge is 0.295 e. The highest BCUT2D eigenvalue weighted by atomic mass is 32.2. The fraction of sp³-hybridized carbons (Fsp3) is 0.400. The number of nitrogens with zero attached hydrogens (tertiary/aromatic N) is 4. The number of aromatic amines is 1. The number of anilines is 4. The van der Waals surface area contributed by atoms with Crippen LogP contribution >= 0.6 is 0 Å². The van der Waals surface area contributed by atoms with Crippen LogP contribution in [0.4, 0.5) is 31.8 Å². The third-order valence-corrected chi connectivity index (χ3v) is 7.86. The standard InChI is InChI=1S/C25H27F2N7O4S/c1-39(35,36)19-10-14(18-4-2-3-8-38-18)5-6-16(19)28-17-12-20(30-24-22(17)31-25(32-24)23(26)27)29-21-11-15-13-37-9-7-34(15)33-21/h5-6,10-12,18,23H,2-4,7-9,13H2,1H3,(H3,28,29,30,31,32,33)/t18-/m0/s1. The van der Waals surface area contributed by atoms with E-state index in [1.54, 1.807) is 18.2 Å². The minimum Gasteiger partial charge on any atom is -0.374 e. The number of ether oxygens (including phenoxy) is 2. The van der Waals surface area contributed by atoms with Gasteiger partial charge in [-0.25, -0.2) is 27.2 Å². The Balaban J connectivity index is 1.39. The van der Waals surface area contributed by atoms with E-state index < -0.39 is 22.1 Å². The van der Waals surface area contributed by atoms with Gasteiger partial charge in [-0.3, -0.25) is 4.68 Å². The lowest BCUT2D eigenvalue weighted by Crippen LogP contribution is -2.16. The molecule has 0 saturated carbocycles. The number of aromatic nitrogens is 5. The van der Waals surface area contributed by atoms with Crippen LogP contribution in [0, 0.1) is 0 Å². The first-order valence-corrected chi connectivity index (χ1v) is 14.5. The number of nitrogens with one attached hydrogen (secondary N) is 3. The summed E-state index contributed by atoms with van der Waals surface area (Å²) in [6, 6.07) is 8.49. The van der Waals surface area contributed by atoms with Gasteiger partial charge < -0.3 is 25.1 Å². The van der Waals surface area contributed by atoms with Crippen LogP contribution < -0.4 is 10.6 Å². The molecule has 1 atom stereocenters. The van der Waals surface area contributed by atoms with E-state index in [1.807, 2.05) is 16.8 Å². The molecular formula is C25H27F2N7O4S. The van der Waals surface area contributed by atoms with E-state index in [0.717, 1.165) is 36.8 Å². The zero-order valence-corrected chi connectivity index (χ0v) is 21.9. The number of rotatable bonds is 7. The quantitative estimate of drug-likeness (QED) is 0.293. The molecule has 0 bridgehead atoms. The normalized spacial score (nSPS) is 17.9. The second kappa shape index (κ2) is 10.2. The Hall–Kier alpha value is -3.62. The first-order valence-electron chi connectivity index (χ1n) is 12.6. The fourth-order valence-corrected chi connectivity index (χ4v) is 5.72. The van der Waals surface area contributed by atoms with E-state index >= 15 is 0 Å². The molecule has 1 aromatic carbocycles. The zero-order valence-electron chi connectivity index (χ0n) is 21.1. The van der Waals surface area contributed by atoms with Crippen molar-refractivity contribution < 1.29 is 26.7 Å². The largest absolute Gasteiger partial charge is 0.374 e. The fourth-order valence-electron chi connectivity index (χ4n) is 4.85. The van der Waals surface area contributed by atoms with Crippen LogP contribution in [0.15, 0.2) is 35.2 Å². The predicted octanol–water partition coefficient (Wildman–Crippen LogP) is 4.75. The Kier molecular flexibility index (Phi) is 6.69. The molecule has 2 aliphatic heterocycles. The van der Waals surface area contributed by atoms with Crippen LogP contribution in [-0.4, -0.2) is 52.6 Å². The average molecular weight is 560 g/mol. The molecule has 1 fully saturated rings. The van der Waals surface area contributed by atoms with Gasteiger partial charge in [0.05, 0.1) is 47.8 Å². The van der Waals surface area contributed by atoms with E-state index in [0.29, 0.717) is 43.7 Å². The van der Waals surface area contributed by atoms with Gasteiger partial charge >= 0.3 is 0 Å². The number of alkyl halides is 2. The summed E-state index contributed by atoms with van der Waals surface area (Å²) >= 11 is 0. The molecule has 5 heterocycles. The Bertz CT molecular complexity index is 1610. The minimum atomic E-state index is -3.66. The van der Waals surface area contributed by atoms with Crippen LogP contribution in [-0.2, 0) is 32.5 Å². The van der Waals surface area contributed by atoms with Crippen LogP contribution in [0.25, 0.3) is 11.2 Å². The molecule has 3 aromatic heterocycles. The molecule has 2 aliphatic rings. The second-order valence-electron chi connectivity index (χ2n) is 9.60. The number of halogens is 2. The molecular weight excluding hydrogens is 532 g/mol. The van der Waals surface area contributed by atoms with E-state index in [-0.39, 0.29) is 27.9 Å². The molecule has 0 aliphatic carbocycles. The number of pyridine rings is 1.